The largest absolute Gasteiger partial charge is 0.396 e. The van der Waals surface area contributed by atoms with E-state index in [4.69, 9.17) is 5.73 Å². The van der Waals surface area contributed by atoms with Crippen molar-refractivity contribution in [3.05, 3.63) is 0 Å². The maximum Gasteiger partial charge on any atom is 0.0434 e. The molecule has 2 heteroatoms. The van der Waals surface area contributed by atoms with Crippen LogP contribution in [0.5, 0.6) is 0 Å². The first-order valence-corrected chi connectivity index (χ1v) is 9.04. The molecule has 0 fully saturated rings. The zero-order valence-corrected chi connectivity index (χ0v) is 14.3. The van der Waals surface area contributed by atoms with E-state index in [1.54, 1.807) is 0 Å². The second-order valence-corrected chi connectivity index (χ2v) is 6.50. The zero-order valence-electron chi connectivity index (χ0n) is 14.3. The first-order valence-electron chi connectivity index (χ1n) is 9.04. The number of hydrogen-bond donors (Lipinski definition) is 2. The fraction of sp³-hybridized carbons (Fsp3) is 1.00. The van der Waals surface area contributed by atoms with Gasteiger partial charge in [-0.3, -0.25) is 0 Å². The number of hydrogen-bond acceptors (Lipinski definition) is 2. The molecule has 0 aliphatic heterocycles. The van der Waals surface area contributed by atoms with Crippen molar-refractivity contribution in [2.45, 2.75) is 103 Å². The Kier molecular flexibility index (Phi) is 12.6. The van der Waals surface area contributed by atoms with E-state index >= 15 is 0 Å². The van der Waals surface area contributed by atoms with Gasteiger partial charge < -0.3 is 10.8 Å². The van der Waals surface area contributed by atoms with Gasteiger partial charge in [0, 0.05) is 12.1 Å². The summed E-state index contributed by atoms with van der Waals surface area (Å²) in [6.45, 7) is 7.02. The molecule has 0 amide bonds. The minimum absolute atomic E-state index is 0.0407. The van der Waals surface area contributed by atoms with Crippen LogP contribution in [-0.4, -0.2) is 17.3 Å². The summed E-state index contributed by atoms with van der Waals surface area (Å²) in [5, 5.41) is 9.40. The molecular weight excluding hydrogens is 246 g/mol. The Hall–Kier alpha value is -0.0800. The third-order valence-corrected chi connectivity index (χ3v) is 4.69. The SMILES string of the molecule is CCCCCCC(CCO)C(N)(CCCC)CCCC. The molecule has 3 N–H and O–H groups in total. The van der Waals surface area contributed by atoms with Crippen molar-refractivity contribution in [2.75, 3.05) is 6.61 Å². The summed E-state index contributed by atoms with van der Waals surface area (Å²) in [7, 11) is 0. The number of nitrogens with two attached hydrogens (primary N) is 1. The van der Waals surface area contributed by atoms with Gasteiger partial charge in [0.2, 0.25) is 0 Å². The minimum Gasteiger partial charge on any atom is -0.396 e. The summed E-state index contributed by atoms with van der Waals surface area (Å²) in [4.78, 5) is 0. The maximum absolute atomic E-state index is 9.40. The molecule has 0 aromatic carbocycles. The molecule has 1 unspecified atom stereocenters. The van der Waals surface area contributed by atoms with Crippen LogP contribution >= 0.6 is 0 Å². The molecule has 122 valence electrons. The van der Waals surface area contributed by atoms with E-state index in [9.17, 15) is 5.11 Å². The summed E-state index contributed by atoms with van der Waals surface area (Å²) in [6, 6.07) is 0. The standard InChI is InChI=1S/C18H39NO/c1-4-7-10-11-12-17(13-16-20)18(19,14-8-5-2)15-9-6-3/h17,20H,4-16,19H2,1-3H3. The van der Waals surface area contributed by atoms with E-state index in [1.165, 1.54) is 57.8 Å². The first-order chi connectivity index (χ1) is 9.64. The molecule has 2 nitrogen and oxygen atoms in total. The van der Waals surface area contributed by atoms with Gasteiger partial charge in [-0.2, -0.15) is 0 Å². The quantitative estimate of drug-likeness (QED) is 0.439. The van der Waals surface area contributed by atoms with Crippen molar-refractivity contribution in [1.29, 1.82) is 0 Å². The second kappa shape index (κ2) is 12.6. The molecule has 0 aromatic heterocycles. The van der Waals surface area contributed by atoms with Gasteiger partial charge in [-0.15, -0.1) is 0 Å². The van der Waals surface area contributed by atoms with E-state index in [0.29, 0.717) is 5.92 Å². The van der Waals surface area contributed by atoms with Crippen molar-refractivity contribution in [3.8, 4) is 0 Å². The van der Waals surface area contributed by atoms with Crippen LogP contribution in [0.1, 0.15) is 97.8 Å². The third kappa shape index (κ3) is 8.26. The molecule has 0 aliphatic carbocycles. The maximum atomic E-state index is 9.40. The Morgan fingerprint density at radius 2 is 1.35 bits per heavy atom. The van der Waals surface area contributed by atoms with Gasteiger partial charge in [-0.25, -0.2) is 0 Å². The number of rotatable bonds is 14. The summed E-state index contributed by atoms with van der Waals surface area (Å²) in [5.41, 5.74) is 6.76. The molecule has 0 heterocycles. The van der Waals surface area contributed by atoms with E-state index in [-0.39, 0.29) is 12.1 Å². The van der Waals surface area contributed by atoms with Crippen molar-refractivity contribution < 1.29 is 5.11 Å². The lowest BCUT2D eigenvalue weighted by molar-refractivity contribution is 0.159. The lowest BCUT2D eigenvalue weighted by Crippen LogP contribution is -2.47. The van der Waals surface area contributed by atoms with Gasteiger partial charge in [0.05, 0.1) is 0 Å². The van der Waals surface area contributed by atoms with Crippen LogP contribution in [-0.2, 0) is 0 Å². The zero-order chi connectivity index (χ0) is 15.3. The van der Waals surface area contributed by atoms with Crippen LogP contribution in [0, 0.1) is 5.92 Å². The minimum atomic E-state index is -0.0407. The lowest BCUT2D eigenvalue weighted by Gasteiger charge is -2.38. The van der Waals surface area contributed by atoms with Gasteiger partial charge in [0.15, 0.2) is 0 Å². The number of unbranched alkanes of at least 4 members (excludes halogenated alkanes) is 5. The Labute approximate surface area is 127 Å². The van der Waals surface area contributed by atoms with Gasteiger partial charge >= 0.3 is 0 Å². The molecular formula is C18H39NO. The van der Waals surface area contributed by atoms with Crippen molar-refractivity contribution in [3.63, 3.8) is 0 Å². The molecule has 0 rings (SSSR count). The first kappa shape index (κ1) is 19.9. The second-order valence-electron chi connectivity index (χ2n) is 6.50. The Morgan fingerprint density at radius 3 is 1.80 bits per heavy atom. The van der Waals surface area contributed by atoms with Crippen LogP contribution in [0.2, 0.25) is 0 Å². The molecule has 1 atom stereocenters. The van der Waals surface area contributed by atoms with E-state index in [2.05, 4.69) is 20.8 Å². The highest BCUT2D eigenvalue weighted by Crippen LogP contribution is 2.33. The fourth-order valence-electron chi connectivity index (χ4n) is 3.24. The molecule has 20 heavy (non-hydrogen) atoms. The molecule has 0 aliphatic rings. The average Bonchev–Trinajstić information content (AvgIpc) is 2.46. The number of aliphatic hydroxyl groups excluding tert-OH is 1. The highest BCUT2D eigenvalue weighted by atomic mass is 16.3. The van der Waals surface area contributed by atoms with Crippen molar-refractivity contribution >= 4 is 0 Å². The van der Waals surface area contributed by atoms with Crippen LogP contribution in [0.25, 0.3) is 0 Å². The Morgan fingerprint density at radius 1 is 0.800 bits per heavy atom. The normalized spacial score (nSPS) is 13.7. The fourth-order valence-corrected chi connectivity index (χ4v) is 3.24. The smallest absolute Gasteiger partial charge is 0.0434 e. The summed E-state index contributed by atoms with van der Waals surface area (Å²) in [5.74, 6) is 0.502. The third-order valence-electron chi connectivity index (χ3n) is 4.69. The predicted octanol–water partition coefficient (Wildman–Crippen LogP) is 5.03. The predicted molar refractivity (Wildman–Crippen MR) is 89.9 cm³/mol. The molecule has 0 radical (unpaired) electrons. The van der Waals surface area contributed by atoms with Gasteiger partial charge in [0.25, 0.3) is 0 Å². The van der Waals surface area contributed by atoms with E-state index in [1.807, 2.05) is 0 Å². The van der Waals surface area contributed by atoms with Crippen LogP contribution in [0.15, 0.2) is 0 Å². The molecule has 0 saturated carbocycles. The average molecular weight is 286 g/mol. The Balaban J connectivity index is 4.53. The van der Waals surface area contributed by atoms with Crippen LogP contribution < -0.4 is 5.73 Å². The molecule has 0 aromatic rings. The molecule has 0 saturated heterocycles. The Bertz CT molecular complexity index is 198. The molecule has 0 bridgehead atoms. The van der Waals surface area contributed by atoms with E-state index in [0.717, 1.165) is 19.3 Å². The summed E-state index contributed by atoms with van der Waals surface area (Å²) in [6.07, 6.45) is 14.4. The number of aliphatic hydroxyl groups is 1. The van der Waals surface area contributed by atoms with Crippen molar-refractivity contribution in [2.24, 2.45) is 11.7 Å². The topological polar surface area (TPSA) is 46.2 Å². The highest BCUT2D eigenvalue weighted by molar-refractivity contribution is 4.91. The van der Waals surface area contributed by atoms with Gasteiger partial charge in [0.1, 0.15) is 0 Å². The highest BCUT2D eigenvalue weighted by Gasteiger charge is 2.32. The van der Waals surface area contributed by atoms with Crippen molar-refractivity contribution in [1.82, 2.24) is 0 Å². The van der Waals surface area contributed by atoms with Crippen LogP contribution in [0.3, 0.4) is 0 Å². The molecule has 0 spiro atoms. The van der Waals surface area contributed by atoms with Gasteiger partial charge in [-0.1, -0.05) is 72.1 Å². The summed E-state index contributed by atoms with van der Waals surface area (Å²) >= 11 is 0. The summed E-state index contributed by atoms with van der Waals surface area (Å²) < 4.78 is 0. The van der Waals surface area contributed by atoms with E-state index < -0.39 is 0 Å². The lowest BCUT2D eigenvalue weighted by atomic mass is 9.73. The van der Waals surface area contributed by atoms with Gasteiger partial charge in [-0.05, 0) is 31.6 Å². The monoisotopic (exact) mass is 285 g/mol. The van der Waals surface area contributed by atoms with Crippen LogP contribution in [0.4, 0.5) is 0 Å².